The normalized spacial score (nSPS) is 26.9. The maximum atomic E-state index is 11.9. The topological polar surface area (TPSA) is 40.6 Å². The molecule has 2 aliphatic rings. The van der Waals surface area contributed by atoms with Gasteiger partial charge in [-0.1, -0.05) is 6.92 Å². The van der Waals surface area contributed by atoms with Gasteiger partial charge in [-0.25, -0.2) is 0 Å². The molecule has 0 radical (unpaired) electrons. The molecule has 0 aromatic carbocycles. The quantitative estimate of drug-likeness (QED) is 0.701. The number of Topliss-reactive ketones (excluding diaryl/α,β-unsaturated/α-hetero) is 1. The number of rotatable bonds is 3. The highest BCUT2D eigenvalue weighted by molar-refractivity contribution is 5.82. The molecule has 1 saturated heterocycles. The summed E-state index contributed by atoms with van der Waals surface area (Å²) in [5.41, 5.74) is 0. The minimum Gasteiger partial charge on any atom is -0.342 e. The molecule has 1 heterocycles. The Balaban J connectivity index is 1.80. The van der Waals surface area contributed by atoms with Gasteiger partial charge in [-0.2, -0.15) is 0 Å². The first-order valence-electron chi connectivity index (χ1n) is 6.08. The van der Waals surface area contributed by atoms with Gasteiger partial charge in [0.15, 0.2) is 0 Å². The van der Waals surface area contributed by atoms with Crippen molar-refractivity contribution in [2.24, 2.45) is 5.92 Å². The Kier molecular flexibility index (Phi) is 3.28. The van der Waals surface area contributed by atoms with Crippen LogP contribution in [0.5, 0.6) is 0 Å². The lowest BCUT2D eigenvalue weighted by atomic mass is 9.99. The highest BCUT2D eigenvalue weighted by Crippen LogP contribution is 2.25. The first kappa shape index (κ1) is 11.6. The predicted octanol–water partition coefficient (Wildman–Crippen LogP) is 0.518. The van der Waals surface area contributed by atoms with Crippen molar-refractivity contribution in [3.05, 3.63) is 0 Å². The summed E-state index contributed by atoms with van der Waals surface area (Å²) < 4.78 is 0. The van der Waals surface area contributed by atoms with Gasteiger partial charge in [0.1, 0.15) is 5.78 Å². The minimum atomic E-state index is 0.0905. The van der Waals surface area contributed by atoms with Gasteiger partial charge >= 0.3 is 0 Å². The van der Waals surface area contributed by atoms with E-state index in [0.717, 1.165) is 25.9 Å². The summed E-state index contributed by atoms with van der Waals surface area (Å²) in [4.78, 5) is 27.2. The molecule has 1 aliphatic heterocycles. The number of nitrogens with zero attached hydrogens (tertiary/aromatic N) is 2. The third-order valence-electron chi connectivity index (χ3n) is 3.60. The van der Waals surface area contributed by atoms with Crippen LogP contribution in [-0.4, -0.2) is 54.2 Å². The van der Waals surface area contributed by atoms with Crippen LogP contribution < -0.4 is 0 Å². The highest BCUT2D eigenvalue weighted by atomic mass is 16.2. The van der Waals surface area contributed by atoms with E-state index in [9.17, 15) is 9.59 Å². The number of carbonyl (C=O) groups is 2. The zero-order valence-corrected chi connectivity index (χ0v) is 10.1. The van der Waals surface area contributed by atoms with Crippen LogP contribution in [0.1, 0.15) is 26.2 Å². The van der Waals surface area contributed by atoms with Crippen molar-refractivity contribution in [2.75, 3.05) is 26.7 Å². The van der Waals surface area contributed by atoms with Gasteiger partial charge in [-0.3, -0.25) is 14.5 Å². The summed E-state index contributed by atoms with van der Waals surface area (Å²) in [7, 11) is 1.89. The van der Waals surface area contributed by atoms with Crippen molar-refractivity contribution in [1.82, 2.24) is 9.80 Å². The van der Waals surface area contributed by atoms with E-state index in [2.05, 4.69) is 4.90 Å². The second-order valence-corrected chi connectivity index (χ2v) is 5.09. The number of carbonyl (C=O) groups excluding carboxylic acids is 2. The van der Waals surface area contributed by atoms with Crippen LogP contribution in [0.3, 0.4) is 0 Å². The zero-order valence-electron chi connectivity index (χ0n) is 10.1. The van der Waals surface area contributed by atoms with Crippen LogP contribution in [0.4, 0.5) is 0 Å². The van der Waals surface area contributed by atoms with E-state index in [0.29, 0.717) is 24.8 Å². The first-order valence-corrected chi connectivity index (χ1v) is 6.08. The van der Waals surface area contributed by atoms with Crippen molar-refractivity contribution in [3.8, 4) is 0 Å². The predicted molar refractivity (Wildman–Crippen MR) is 61.0 cm³/mol. The maximum Gasteiger partial charge on any atom is 0.236 e. The Bertz CT molecular complexity index is 299. The third kappa shape index (κ3) is 2.61. The summed E-state index contributed by atoms with van der Waals surface area (Å²) in [6.07, 6.45) is 2.90. The number of hydrogen-bond acceptors (Lipinski definition) is 3. The van der Waals surface area contributed by atoms with Gasteiger partial charge < -0.3 is 4.90 Å². The average Bonchev–Trinajstić information content (AvgIpc) is 3.06. The molecule has 90 valence electrons. The summed E-state index contributed by atoms with van der Waals surface area (Å²) in [6.45, 7) is 3.91. The van der Waals surface area contributed by atoms with Crippen molar-refractivity contribution < 1.29 is 9.59 Å². The number of amides is 1. The molecule has 0 aromatic rings. The molecule has 1 atom stereocenters. The van der Waals surface area contributed by atoms with Crippen molar-refractivity contribution in [1.29, 1.82) is 0 Å². The van der Waals surface area contributed by atoms with E-state index in [-0.39, 0.29) is 11.8 Å². The fourth-order valence-corrected chi connectivity index (χ4v) is 2.21. The van der Waals surface area contributed by atoms with E-state index >= 15 is 0 Å². The van der Waals surface area contributed by atoms with Gasteiger partial charge in [0.05, 0.1) is 6.54 Å². The maximum absolute atomic E-state index is 11.9. The fraction of sp³-hybridized carbons (Fsp3) is 0.833. The summed E-state index contributed by atoms with van der Waals surface area (Å²) in [5, 5.41) is 0. The number of likely N-dealkylation sites (N-methyl/N-ethyl adjacent to an activating group) is 1. The van der Waals surface area contributed by atoms with Crippen LogP contribution in [0, 0.1) is 5.92 Å². The van der Waals surface area contributed by atoms with Crippen LogP contribution >= 0.6 is 0 Å². The van der Waals surface area contributed by atoms with Crippen molar-refractivity contribution >= 4 is 11.7 Å². The number of piperidine rings is 1. The molecule has 1 saturated carbocycles. The van der Waals surface area contributed by atoms with Gasteiger partial charge in [0, 0.05) is 38.5 Å². The van der Waals surface area contributed by atoms with E-state index in [4.69, 9.17) is 0 Å². The molecule has 0 bridgehead atoms. The van der Waals surface area contributed by atoms with Crippen LogP contribution in [0.15, 0.2) is 0 Å². The average molecular weight is 224 g/mol. The number of ketones is 1. The fourth-order valence-electron chi connectivity index (χ4n) is 2.21. The van der Waals surface area contributed by atoms with E-state index in [1.165, 1.54) is 0 Å². The standard InChI is InChI=1S/C12H20N2O2/c1-9-7-14(6-5-11(9)15)8-12(16)13(2)10-3-4-10/h9-10H,3-8H2,1-2H3. The van der Waals surface area contributed by atoms with Gasteiger partial charge in [-0.15, -0.1) is 0 Å². The van der Waals surface area contributed by atoms with E-state index in [1.807, 2.05) is 18.9 Å². The van der Waals surface area contributed by atoms with E-state index < -0.39 is 0 Å². The van der Waals surface area contributed by atoms with Crippen molar-refractivity contribution in [2.45, 2.75) is 32.2 Å². The molecule has 1 aliphatic carbocycles. The molecule has 1 amide bonds. The largest absolute Gasteiger partial charge is 0.342 e. The van der Waals surface area contributed by atoms with Crippen LogP contribution in [0.25, 0.3) is 0 Å². The van der Waals surface area contributed by atoms with Gasteiger partial charge in [0.2, 0.25) is 5.91 Å². The number of likely N-dealkylation sites (tertiary alicyclic amines) is 1. The number of hydrogen-bond donors (Lipinski definition) is 0. The highest BCUT2D eigenvalue weighted by Gasteiger charge is 2.31. The smallest absolute Gasteiger partial charge is 0.236 e. The van der Waals surface area contributed by atoms with Crippen LogP contribution in [-0.2, 0) is 9.59 Å². The van der Waals surface area contributed by atoms with Gasteiger partial charge in [-0.05, 0) is 12.8 Å². The second-order valence-electron chi connectivity index (χ2n) is 5.09. The Morgan fingerprint density at radius 2 is 2.19 bits per heavy atom. The Hall–Kier alpha value is -0.900. The Morgan fingerprint density at radius 1 is 1.50 bits per heavy atom. The molecular weight excluding hydrogens is 204 g/mol. The molecule has 0 spiro atoms. The van der Waals surface area contributed by atoms with E-state index in [1.54, 1.807) is 0 Å². The molecule has 2 rings (SSSR count). The molecule has 4 nitrogen and oxygen atoms in total. The Morgan fingerprint density at radius 3 is 2.75 bits per heavy atom. The lowest BCUT2D eigenvalue weighted by molar-refractivity contribution is -0.134. The minimum absolute atomic E-state index is 0.0905. The molecular formula is C12H20N2O2. The lowest BCUT2D eigenvalue weighted by Crippen LogP contribution is -2.45. The molecule has 0 aromatic heterocycles. The molecule has 0 N–H and O–H groups in total. The summed E-state index contributed by atoms with van der Waals surface area (Å²) in [5.74, 6) is 0.621. The molecule has 2 fully saturated rings. The first-order chi connectivity index (χ1) is 7.58. The molecule has 4 heteroatoms. The summed E-state index contributed by atoms with van der Waals surface area (Å²) in [6, 6.07) is 0.483. The lowest BCUT2D eigenvalue weighted by Gasteiger charge is -2.30. The third-order valence-corrected chi connectivity index (χ3v) is 3.60. The van der Waals surface area contributed by atoms with Crippen molar-refractivity contribution in [3.63, 3.8) is 0 Å². The van der Waals surface area contributed by atoms with Crippen LogP contribution in [0.2, 0.25) is 0 Å². The van der Waals surface area contributed by atoms with Gasteiger partial charge in [0.25, 0.3) is 0 Å². The zero-order chi connectivity index (χ0) is 11.7. The monoisotopic (exact) mass is 224 g/mol. The SMILES string of the molecule is CC1CN(CC(=O)N(C)C2CC2)CCC1=O. The second kappa shape index (κ2) is 4.53. The molecule has 1 unspecified atom stereocenters. The Labute approximate surface area is 96.6 Å². The molecule has 16 heavy (non-hydrogen) atoms. The summed E-state index contributed by atoms with van der Waals surface area (Å²) >= 11 is 0.